The van der Waals surface area contributed by atoms with E-state index in [1.54, 1.807) is 0 Å². The first-order valence-electron chi connectivity index (χ1n) is 6.88. The average molecular weight is 248 g/mol. The van der Waals surface area contributed by atoms with E-state index in [4.69, 9.17) is 10.5 Å². The molecule has 100 valence electrons. The highest BCUT2D eigenvalue weighted by molar-refractivity contribution is 5.39. The fourth-order valence-corrected chi connectivity index (χ4v) is 2.53. The number of ether oxygens (including phenoxy) is 1. The lowest BCUT2D eigenvalue weighted by Crippen LogP contribution is -2.37. The molecule has 18 heavy (non-hydrogen) atoms. The number of nitrogens with two attached hydrogens (primary N) is 1. The molecule has 0 unspecified atom stereocenters. The maximum atomic E-state index is 5.68. The first-order valence-corrected chi connectivity index (χ1v) is 6.88. The topological polar surface area (TPSA) is 38.5 Å². The molecule has 2 N–H and O–H groups in total. The van der Waals surface area contributed by atoms with Crippen molar-refractivity contribution in [3.8, 4) is 0 Å². The number of nitrogen functional groups attached to an aromatic ring is 1. The van der Waals surface area contributed by atoms with Crippen molar-refractivity contribution in [2.75, 3.05) is 32.5 Å². The Bertz CT molecular complexity index is 344. The standard InChI is InChI=1S/C15H24N2O/c1-17(15-8-11-18-12-9-15)10-2-3-13-4-6-14(16)7-5-13/h4-7,15H,2-3,8-12,16H2,1H3. The lowest BCUT2D eigenvalue weighted by Gasteiger charge is -2.31. The molecule has 0 aromatic heterocycles. The van der Waals surface area contributed by atoms with Gasteiger partial charge in [-0.3, -0.25) is 0 Å². The van der Waals surface area contributed by atoms with Gasteiger partial charge in [0.1, 0.15) is 0 Å². The maximum Gasteiger partial charge on any atom is 0.0480 e. The lowest BCUT2D eigenvalue weighted by atomic mass is 10.1. The SMILES string of the molecule is CN(CCCc1ccc(N)cc1)C1CCOCC1. The zero-order chi connectivity index (χ0) is 12.8. The van der Waals surface area contributed by atoms with E-state index in [0.29, 0.717) is 6.04 Å². The van der Waals surface area contributed by atoms with E-state index in [1.807, 2.05) is 12.1 Å². The van der Waals surface area contributed by atoms with Gasteiger partial charge in [0.2, 0.25) is 0 Å². The van der Waals surface area contributed by atoms with E-state index in [1.165, 1.54) is 24.8 Å². The Balaban J connectivity index is 1.69. The third-order valence-corrected chi connectivity index (χ3v) is 3.77. The van der Waals surface area contributed by atoms with Crippen molar-refractivity contribution in [1.82, 2.24) is 4.90 Å². The Kier molecular flexibility index (Phi) is 5.02. The van der Waals surface area contributed by atoms with E-state index < -0.39 is 0 Å². The molecule has 1 aromatic carbocycles. The smallest absolute Gasteiger partial charge is 0.0480 e. The van der Waals surface area contributed by atoms with Gasteiger partial charge >= 0.3 is 0 Å². The largest absolute Gasteiger partial charge is 0.399 e. The number of rotatable bonds is 5. The molecule has 0 saturated carbocycles. The summed E-state index contributed by atoms with van der Waals surface area (Å²) in [5.74, 6) is 0. The third kappa shape index (κ3) is 4.00. The van der Waals surface area contributed by atoms with E-state index in [-0.39, 0.29) is 0 Å². The summed E-state index contributed by atoms with van der Waals surface area (Å²) in [5.41, 5.74) is 7.91. The van der Waals surface area contributed by atoms with Crippen LogP contribution in [0.15, 0.2) is 24.3 Å². The molecule has 0 aliphatic carbocycles. The normalized spacial score (nSPS) is 17.2. The van der Waals surface area contributed by atoms with Gasteiger partial charge in [-0.25, -0.2) is 0 Å². The quantitative estimate of drug-likeness (QED) is 0.813. The molecular weight excluding hydrogens is 224 g/mol. The van der Waals surface area contributed by atoms with Crippen LogP contribution in [-0.2, 0) is 11.2 Å². The minimum absolute atomic E-state index is 0.713. The second-order valence-corrected chi connectivity index (χ2v) is 5.17. The van der Waals surface area contributed by atoms with Crippen LogP contribution in [0, 0.1) is 0 Å². The molecule has 3 heteroatoms. The van der Waals surface area contributed by atoms with Gasteiger partial charge in [0.25, 0.3) is 0 Å². The summed E-state index contributed by atoms with van der Waals surface area (Å²) in [6, 6.07) is 8.94. The first-order chi connectivity index (χ1) is 8.75. The second-order valence-electron chi connectivity index (χ2n) is 5.17. The predicted molar refractivity (Wildman–Crippen MR) is 75.6 cm³/mol. The molecule has 1 fully saturated rings. The summed E-state index contributed by atoms with van der Waals surface area (Å²) in [6.07, 6.45) is 4.70. The molecule has 2 rings (SSSR count). The van der Waals surface area contributed by atoms with Crippen molar-refractivity contribution in [2.24, 2.45) is 0 Å². The zero-order valence-electron chi connectivity index (χ0n) is 11.3. The average Bonchev–Trinajstić information content (AvgIpc) is 2.42. The zero-order valence-corrected chi connectivity index (χ0v) is 11.3. The number of hydrogen-bond acceptors (Lipinski definition) is 3. The van der Waals surface area contributed by atoms with Gasteiger partial charge in [0, 0.05) is 24.9 Å². The fraction of sp³-hybridized carbons (Fsp3) is 0.600. The highest BCUT2D eigenvalue weighted by atomic mass is 16.5. The van der Waals surface area contributed by atoms with Crippen molar-refractivity contribution in [3.63, 3.8) is 0 Å². The number of nitrogens with zero attached hydrogens (tertiary/aromatic N) is 1. The number of benzene rings is 1. The molecule has 0 atom stereocenters. The van der Waals surface area contributed by atoms with Gasteiger partial charge in [-0.05, 0) is 57.0 Å². The van der Waals surface area contributed by atoms with Crippen molar-refractivity contribution < 1.29 is 4.74 Å². The van der Waals surface area contributed by atoms with Gasteiger partial charge in [0.15, 0.2) is 0 Å². The molecule has 1 heterocycles. The van der Waals surface area contributed by atoms with Gasteiger partial charge in [-0.1, -0.05) is 12.1 Å². The van der Waals surface area contributed by atoms with Crippen molar-refractivity contribution in [2.45, 2.75) is 31.7 Å². The molecule has 1 aliphatic heterocycles. The number of hydrogen-bond donors (Lipinski definition) is 1. The summed E-state index contributed by atoms with van der Waals surface area (Å²) >= 11 is 0. The van der Waals surface area contributed by atoms with E-state index >= 15 is 0 Å². The van der Waals surface area contributed by atoms with E-state index in [2.05, 4.69) is 24.1 Å². The first kappa shape index (κ1) is 13.4. The van der Waals surface area contributed by atoms with Crippen molar-refractivity contribution >= 4 is 5.69 Å². The van der Waals surface area contributed by atoms with E-state index in [0.717, 1.165) is 31.9 Å². The van der Waals surface area contributed by atoms with Gasteiger partial charge < -0.3 is 15.4 Å². The van der Waals surface area contributed by atoms with Crippen molar-refractivity contribution in [3.05, 3.63) is 29.8 Å². The minimum atomic E-state index is 0.713. The summed E-state index contributed by atoms with van der Waals surface area (Å²) in [7, 11) is 2.24. The van der Waals surface area contributed by atoms with Crippen LogP contribution in [0.2, 0.25) is 0 Å². The van der Waals surface area contributed by atoms with Crippen LogP contribution in [0.5, 0.6) is 0 Å². The molecular formula is C15H24N2O. The molecule has 0 amide bonds. The van der Waals surface area contributed by atoms with Gasteiger partial charge in [0.05, 0.1) is 0 Å². The highest BCUT2D eigenvalue weighted by Gasteiger charge is 2.17. The van der Waals surface area contributed by atoms with E-state index in [9.17, 15) is 0 Å². The number of anilines is 1. The lowest BCUT2D eigenvalue weighted by molar-refractivity contribution is 0.0428. The molecule has 1 aliphatic rings. The fourth-order valence-electron chi connectivity index (χ4n) is 2.53. The molecule has 0 bridgehead atoms. The Hall–Kier alpha value is -1.06. The Labute approximate surface area is 110 Å². The monoisotopic (exact) mass is 248 g/mol. The molecule has 3 nitrogen and oxygen atoms in total. The van der Waals surface area contributed by atoms with Crippen LogP contribution in [0.3, 0.4) is 0 Å². The predicted octanol–water partition coefficient (Wildman–Crippen LogP) is 2.31. The third-order valence-electron chi connectivity index (χ3n) is 3.77. The summed E-state index contributed by atoms with van der Waals surface area (Å²) in [4.78, 5) is 2.49. The van der Waals surface area contributed by atoms with Gasteiger partial charge in [-0.15, -0.1) is 0 Å². The van der Waals surface area contributed by atoms with Crippen LogP contribution in [-0.4, -0.2) is 37.7 Å². The van der Waals surface area contributed by atoms with Crippen LogP contribution in [0.1, 0.15) is 24.8 Å². The van der Waals surface area contributed by atoms with Crippen LogP contribution < -0.4 is 5.73 Å². The summed E-state index contributed by atoms with van der Waals surface area (Å²) < 4.78 is 5.40. The summed E-state index contributed by atoms with van der Waals surface area (Å²) in [5, 5.41) is 0. The highest BCUT2D eigenvalue weighted by Crippen LogP contribution is 2.14. The molecule has 0 spiro atoms. The number of aryl methyl sites for hydroxylation is 1. The molecule has 1 aromatic rings. The maximum absolute atomic E-state index is 5.68. The summed E-state index contributed by atoms with van der Waals surface area (Å²) in [6.45, 7) is 3.01. The molecule has 0 radical (unpaired) electrons. The van der Waals surface area contributed by atoms with Crippen molar-refractivity contribution in [1.29, 1.82) is 0 Å². The Morgan fingerprint density at radius 2 is 1.89 bits per heavy atom. The Morgan fingerprint density at radius 1 is 1.22 bits per heavy atom. The van der Waals surface area contributed by atoms with Gasteiger partial charge in [-0.2, -0.15) is 0 Å². The second kappa shape index (κ2) is 6.76. The molecule has 1 saturated heterocycles. The van der Waals surface area contributed by atoms with Crippen LogP contribution >= 0.6 is 0 Å². The van der Waals surface area contributed by atoms with Crippen LogP contribution in [0.25, 0.3) is 0 Å². The minimum Gasteiger partial charge on any atom is -0.399 e. The Morgan fingerprint density at radius 3 is 2.56 bits per heavy atom. The van der Waals surface area contributed by atoms with Crippen LogP contribution in [0.4, 0.5) is 5.69 Å².